The number of carbonyl (C=O) groups is 2. The van der Waals surface area contributed by atoms with Gasteiger partial charge in [-0.1, -0.05) is 15.9 Å². The highest BCUT2D eigenvalue weighted by Gasteiger charge is 2.77. The quantitative estimate of drug-likeness (QED) is 0.430. The van der Waals surface area contributed by atoms with Gasteiger partial charge in [-0.05, 0) is 12.8 Å². The lowest BCUT2D eigenvalue weighted by Gasteiger charge is -2.33. The molecule has 0 aromatic heterocycles. The fraction of sp³-hybridized carbons (Fsp3) is 0.778. The SMILES string of the molecule is O=C(O)C12C(=O)OC3C(CCC31)C2Br. The molecule has 1 aliphatic heterocycles. The van der Waals surface area contributed by atoms with E-state index in [-0.39, 0.29) is 22.8 Å². The zero-order valence-corrected chi connectivity index (χ0v) is 8.86. The topological polar surface area (TPSA) is 63.6 Å². The van der Waals surface area contributed by atoms with Crippen LogP contribution in [0.3, 0.4) is 0 Å². The van der Waals surface area contributed by atoms with Gasteiger partial charge in [-0.3, -0.25) is 9.59 Å². The summed E-state index contributed by atoms with van der Waals surface area (Å²) in [5, 5.41) is 9.22. The molecule has 1 saturated heterocycles. The summed E-state index contributed by atoms with van der Waals surface area (Å²) < 4.78 is 5.13. The van der Waals surface area contributed by atoms with E-state index in [0.717, 1.165) is 12.8 Å². The Morgan fingerprint density at radius 2 is 2.29 bits per heavy atom. The zero-order valence-electron chi connectivity index (χ0n) is 7.27. The standard InChI is InChI=1S/C9H9BrO4/c10-6-3-1-2-4-5(3)14-8(13)9(4,6)7(11)12/h3-6H,1-2H2,(H,11,12). The lowest BCUT2D eigenvalue weighted by molar-refractivity contribution is -0.167. The smallest absolute Gasteiger partial charge is 0.325 e. The van der Waals surface area contributed by atoms with Crippen LogP contribution in [0.4, 0.5) is 0 Å². The van der Waals surface area contributed by atoms with Gasteiger partial charge in [0.05, 0.1) is 0 Å². The Morgan fingerprint density at radius 3 is 2.79 bits per heavy atom. The van der Waals surface area contributed by atoms with Gasteiger partial charge in [-0.15, -0.1) is 0 Å². The highest BCUT2D eigenvalue weighted by molar-refractivity contribution is 9.09. The number of carbonyl (C=O) groups excluding carboxylic acids is 1. The number of carboxylic acids is 1. The number of halogens is 1. The Hall–Kier alpha value is -0.580. The van der Waals surface area contributed by atoms with Crippen LogP contribution in [0.25, 0.3) is 0 Å². The maximum Gasteiger partial charge on any atom is 0.325 e. The molecular weight excluding hydrogens is 252 g/mol. The molecule has 5 heteroatoms. The fourth-order valence-corrected chi connectivity index (χ4v) is 4.65. The summed E-state index contributed by atoms with van der Waals surface area (Å²) in [6.07, 6.45) is 1.62. The molecule has 1 N–H and O–H groups in total. The Kier molecular flexibility index (Phi) is 1.44. The van der Waals surface area contributed by atoms with Gasteiger partial charge in [0.1, 0.15) is 6.10 Å². The molecule has 0 spiro atoms. The van der Waals surface area contributed by atoms with Crippen LogP contribution in [0.5, 0.6) is 0 Å². The van der Waals surface area contributed by atoms with E-state index in [1.807, 2.05) is 0 Å². The molecule has 2 aliphatic carbocycles. The second-order valence-electron chi connectivity index (χ2n) is 4.29. The molecular formula is C9H9BrO4. The number of rotatable bonds is 1. The number of esters is 1. The van der Waals surface area contributed by atoms with Gasteiger partial charge in [0.25, 0.3) is 0 Å². The van der Waals surface area contributed by atoms with Gasteiger partial charge >= 0.3 is 11.9 Å². The van der Waals surface area contributed by atoms with Crippen molar-refractivity contribution in [2.75, 3.05) is 0 Å². The minimum Gasteiger partial charge on any atom is -0.480 e. The van der Waals surface area contributed by atoms with Crippen LogP contribution in [0.2, 0.25) is 0 Å². The summed E-state index contributed by atoms with van der Waals surface area (Å²) in [4.78, 5) is 22.6. The number of ether oxygens (including phenoxy) is 1. The minimum atomic E-state index is -1.28. The molecule has 3 fully saturated rings. The largest absolute Gasteiger partial charge is 0.480 e. The predicted molar refractivity (Wildman–Crippen MR) is 48.9 cm³/mol. The lowest BCUT2D eigenvalue weighted by atomic mass is 9.73. The second kappa shape index (κ2) is 2.32. The van der Waals surface area contributed by atoms with Crippen molar-refractivity contribution in [1.82, 2.24) is 0 Å². The molecule has 0 aromatic carbocycles. The van der Waals surface area contributed by atoms with E-state index in [1.54, 1.807) is 0 Å². The Morgan fingerprint density at radius 1 is 1.57 bits per heavy atom. The molecule has 0 amide bonds. The summed E-state index contributed by atoms with van der Waals surface area (Å²) in [6, 6.07) is 0. The van der Waals surface area contributed by atoms with Crippen LogP contribution in [-0.4, -0.2) is 28.0 Å². The number of alkyl halides is 1. The summed E-state index contributed by atoms with van der Waals surface area (Å²) >= 11 is 3.37. The molecule has 0 radical (unpaired) electrons. The highest BCUT2D eigenvalue weighted by Crippen LogP contribution is 2.64. The van der Waals surface area contributed by atoms with Crippen LogP contribution < -0.4 is 0 Å². The Bertz CT molecular complexity index is 342. The minimum absolute atomic E-state index is 0.109. The molecule has 0 aromatic rings. The van der Waals surface area contributed by atoms with Crippen LogP contribution >= 0.6 is 15.9 Å². The first-order chi connectivity index (χ1) is 6.60. The number of hydrogen-bond donors (Lipinski definition) is 1. The first-order valence-electron chi connectivity index (χ1n) is 4.68. The average Bonchev–Trinajstić information content (AvgIpc) is 2.66. The molecule has 3 rings (SSSR count). The Balaban J connectivity index is 2.17. The Labute approximate surface area is 88.7 Å². The summed E-state index contributed by atoms with van der Waals surface area (Å²) in [5.41, 5.74) is -1.28. The molecule has 5 unspecified atom stereocenters. The molecule has 4 nitrogen and oxygen atoms in total. The molecule has 76 valence electrons. The third-order valence-corrected chi connectivity index (χ3v) is 5.36. The highest BCUT2D eigenvalue weighted by atomic mass is 79.9. The van der Waals surface area contributed by atoms with E-state index >= 15 is 0 Å². The van der Waals surface area contributed by atoms with Crippen molar-refractivity contribution in [3.63, 3.8) is 0 Å². The number of hydrogen-bond acceptors (Lipinski definition) is 3. The van der Waals surface area contributed by atoms with E-state index in [9.17, 15) is 14.7 Å². The van der Waals surface area contributed by atoms with Gasteiger partial charge in [-0.25, -0.2) is 0 Å². The predicted octanol–water partition coefficient (Wildman–Crippen LogP) is 0.786. The van der Waals surface area contributed by atoms with E-state index in [0.29, 0.717) is 0 Å². The van der Waals surface area contributed by atoms with Crippen LogP contribution in [-0.2, 0) is 14.3 Å². The van der Waals surface area contributed by atoms with Crippen molar-refractivity contribution in [1.29, 1.82) is 0 Å². The van der Waals surface area contributed by atoms with Gasteiger partial charge in [0.15, 0.2) is 5.41 Å². The van der Waals surface area contributed by atoms with Crippen LogP contribution in [0, 0.1) is 17.3 Å². The van der Waals surface area contributed by atoms with Crippen molar-refractivity contribution < 1.29 is 19.4 Å². The van der Waals surface area contributed by atoms with Crippen molar-refractivity contribution in [2.45, 2.75) is 23.8 Å². The molecule has 4 bridgehead atoms. The van der Waals surface area contributed by atoms with Gasteiger partial charge in [0, 0.05) is 16.7 Å². The molecule has 5 atom stereocenters. The maximum absolute atomic E-state index is 11.6. The molecule has 3 aliphatic rings. The second-order valence-corrected chi connectivity index (χ2v) is 5.28. The first kappa shape index (κ1) is 8.71. The van der Waals surface area contributed by atoms with Crippen molar-refractivity contribution >= 4 is 27.9 Å². The summed E-state index contributed by atoms with van der Waals surface area (Å²) in [5.74, 6) is -1.48. The fourth-order valence-electron chi connectivity index (χ4n) is 3.36. The maximum atomic E-state index is 11.6. The van der Waals surface area contributed by atoms with E-state index in [4.69, 9.17) is 4.74 Å². The third kappa shape index (κ3) is 0.628. The van der Waals surface area contributed by atoms with E-state index in [1.165, 1.54) is 0 Å². The monoisotopic (exact) mass is 260 g/mol. The van der Waals surface area contributed by atoms with Crippen LogP contribution in [0.1, 0.15) is 12.8 Å². The van der Waals surface area contributed by atoms with Crippen LogP contribution in [0.15, 0.2) is 0 Å². The third-order valence-electron chi connectivity index (χ3n) is 3.96. The van der Waals surface area contributed by atoms with Gasteiger partial charge < -0.3 is 9.84 Å². The number of aliphatic carboxylic acids is 1. The van der Waals surface area contributed by atoms with Gasteiger partial charge in [-0.2, -0.15) is 0 Å². The van der Waals surface area contributed by atoms with E-state index in [2.05, 4.69) is 15.9 Å². The average molecular weight is 261 g/mol. The summed E-state index contributed by atoms with van der Waals surface area (Å²) in [6.45, 7) is 0. The summed E-state index contributed by atoms with van der Waals surface area (Å²) in [7, 11) is 0. The zero-order chi connectivity index (χ0) is 10.1. The lowest BCUT2D eigenvalue weighted by Crippen LogP contribution is -2.50. The molecule has 1 heterocycles. The van der Waals surface area contributed by atoms with E-state index < -0.39 is 17.4 Å². The van der Waals surface area contributed by atoms with Crippen molar-refractivity contribution in [3.8, 4) is 0 Å². The first-order valence-corrected chi connectivity index (χ1v) is 5.60. The normalized spacial score (nSPS) is 53.6. The number of carboxylic acid groups (broad SMARTS) is 1. The molecule has 2 saturated carbocycles. The molecule has 14 heavy (non-hydrogen) atoms. The van der Waals surface area contributed by atoms with Crippen molar-refractivity contribution in [3.05, 3.63) is 0 Å². The van der Waals surface area contributed by atoms with Gasteiger partial charge in [0.2, 0.25) is 0 Å². The van der Waals surface area contributed by atoms with Crippen molar-refractivity contribution in [2.24, 2.45) is 17.3 Å².